The van der Waals surface area contributed by atoms with E-state index in [-0.39, 0.29) is 6.23 Å². The number of rotatable bonds is 5. The van der Waals surface area contributed by atoms with Crippen molar-refractivity contribution in [1.29, 1.82) is 0 Å². The van der Waals surface area contributed by atoms with Crippen molar-refractivity contribution in [2.24, 2.45) is 5.16 Å². The summed E-state index contributed by atoms with van der Waals surface area (Å²) < 4.78 is 0.886. The Morgan fingerprint density at radius 3 is 2.65 bits per heavy atom. The van der Waals surface area contributed by atoms with E-state index < -0.39 is 0 Å². The van der Waals surface area contributed by atoms with Gasteiger partial charge in [-0.15, -0.1) is 0 Å². The summed E-state index contributed by atoms with van der Waals surface area (Å²) in [6.07, 6.45) is 6.88. The molecule has 2 fully saturated rings. The molecule has 0 radical (unpaired) electrons. The lowest BCUT2D eigenvalue weighted by atomic mass is 10.1. The molecule has 2 aliphatic rings. The average molecular weight is 384 g/mol. The zero-order valence-corrected chi connectivity index (χ0v) is 14.7. The quantitative estimate of drug-likeness (QED) is 0.615. The summed E-state index contributed by atoms with van der Waals surface area (Å²) in [6, 6.07) is 0. The van der Waals surface area contributed by atoms with Crippen LogP contribution in [-0.2, 0) is 4.84 Å². The number of halogens is 1. The predicted molar refractivity (Wildman–Crippen MR) is 91.4 cm³/mol. The molecule has 3 rings (SSSR count). The van der Waals surface area contributed by atoms with Crippen LogP contribution in [0.3, 0.4) is 0 Å². The van der Waals surface area contributed by atoms with Crippen LogP contribution in [0.2, 0.25) is 0 Å². The van der Waals surface area contributed by atoms with Crippen LogP contribution in [0.15, 0.2) is 22.0 Å². The van der Waals surface area contributed by atoms with Crippen LogP contribution < -0.4 is 4.90 Å². The third kappa shape index (κ3) is 4.62. The molecule has 1 unspecified atom stereocenters. The largest absolute Gasteiger partial charge is 0.394 e. The van der Waals surface area contributed by atoms with Crippen LogP contribution in [0.5, 0.6) is 0 Å². The van der Waals surface area contributed by atoms with E-state index in [9.17, 15) is 5.11 Å². The number of piperidine rings is 1. The Labute approximate surface area is 144 Å². The van der Waals surface area contributed by atoms with Gasteiger partial charge in [0, 0.05) is 51.4 Å². The van der Waals surface area contributed by atoms with E-state index in [0.717, 1.165) is 68.0 Å². The first-order valence-electron chi connectivity index (χ1n) is 8.05. The summed E-state index contributed by atoms with van der Waals surface area (Å²) in [5, 5.41) is 14.0. The van der Waals surface area contributed by atoms with Gasteiger partial charge >= 0.3 is 0 Å². The number of hydrogen-bond acceptors (Lipinski definition) is 7. The number of aliphatic hydroxyl groups is 1. The number of oxime groups is 1. The first kappa shape index (κ1) is 16.6. The maximum Gasteiger partial charge on any atom is 0.225 e. The van der Waals surface area contributed by atoms with Crippen molar-refractivity contribution in [3.05, 3.63) is 16.9 Å². The number of aromatic nitrogens is 2. The highest BCUT2D eigenvalue weighted by molar-refractivity contribution is 9.10. The smallest absolute Gasteiger partial charge is 0.225 e. The fraction of sp³-hybridized carbons (Fsp3) is 0.667. The highest BCUT2D eigenvalue weighted by Crippen LogP contribution is 2.16. The van der Waals surface area contributed by atoms with Crippen LogP contribution in [0.1, 0.15) is 25.7 Å². The van der Waals surface area contributed by atoms with Gasteiger partial charge in [-0.1, -0.05) is 5.16 Å². The van der Waals surface area contributed by atoms with Gasteiger partial charge in [-0.3, -0.25) is 4.90 Å². The molecule has 1 atom stereocenters. The van der Waals surface area contributed by atoms with E-state index in [1.54, 1.807) is 12.4 Å². The monoisotopic (exact) mass is 383 g/mol. The van der Waals surface area contributed by atoms with Crippen molar-refractivity contribution in [3.63, 3.8) is 0 Å². The minimum absolute atomic E-state index is 0.305. The standard InChI is InChI=1S/C15H22BrN5O2/c16-12-10-17-15(18-11-12)21-6-3-13(4-7-21)19-23-9-8-20-5-1-2-14(20)22/h10-11,14,22H,1-9H2. The Balaban J connectivity index is 1.39. The lowest BCUT2D eigenvalue weighted by Crippen LogP contribution is -2.35. The van der Waals surface area contributed by atoms with Crippen molar-refractivity contribution in [2.75, 3.05) is 37.7 Å². The molecule has 2 aliphatic heterocycles. The van der Waals surface area contributed by atoms with E-state index in [4.69, 9.17) is 4.84 Å². The summed E-state index contributed by atoms with van der Waals surface area (Å²) >= 11 is 3.34. The SMILES string of the molecule is OC1CCCN1CCON=C1CCN(c2ncc(Br)cn2)CC1. The molecular weight excluding hydrogens is 362 g/mol. The minimum Gasteiger partial charge on any atom is -0.394 e. The topological polar surface area (TPSA) is 74.1 Å². The molecule has 1 aromatic rings. The van der Waals surface area contributed by atoms with Gasteiger partial charge in [-0.05, 0) is 28.8 Å². The minimum atomic E-state index is -0.305. The molecular formula is C15H22BrN5O2. The molecule has 126 valence electrons. The van der Waals surface area contributed by atoms with Crippen LogP contribution in [0, 0.1) is 0 Å². The van der Waals surface area contributed by atoms with E-state index in [2.05, 4.69) is 36.0 Å². The number of nitrogens with zero attached hydrogens (tertiary/aromatic N) is 5. The predicted octanol–water partition coefficient (Wildman–Crippen LogP) is 1.63. The zero-order valence-electron chi connectivity index (χ0n) is 13.1. The third-order valence-electron chi connectivity index (χ3n) is 4.22. The summed E-state index contributed by atoms with van der Waals surface area (Å²) in [5.74, 6) is 0.760. The van der Waals surface area contributed by atoms with E-state index in [1.165, 1.54) is 0 Å². The molecule has 8 heteroatoms. The van der Waals surface area contributed by atoms with Gasteiger partial charge in [0.1, 0.15) is 12.8 Å². The molecule has 7 nitrogen and oxygen atoms in total. The second-order valence-corrected chi connectivity index (χ2v) is 6.75. The molecule has 0 spiro atoms. The maximum absolute atomic E-state index is 9.71. The van der Waals surface area contributed by atoms with Crippen molar-refractivity contribution in [3.8, 4) is 0 Å². The summed E-state index contributed by atoms with van der Waals surface area (Å²) in [5.41, 5.74) is 1.08. The van der Waals surface area contributed by atoms with Gasteiger partial charge in [0.05, 0.1) is 10.2 Å². The van der Waals surface area contributed by atoms with Gasteiger partial charge in [0.25, 0.3) is 0 Å². The first-order chi connectivity index (χ1) is 11.2. The van der Waals surface area contributed by atoms with Gasteiger partial charge in [-0.25, -0.2) is 9.97 Å². The third-order valence-corrected chi connectivity index (χ3v) is 4.63. The van der Waals surface area contributed by atoms with Gasteiger partial charge in [0.15, 0.2) is 0 Å². The van der Waals surface area contributed by atoms with Gasteiger partial charge in [0.2, 0.25) is 5.95 Å². The Kier molecular flexibility index (Phi) is 5.80. The molecule has 0 bridgehead atoms. The van der Waals surface area contributed by atoms with E-state index in [1.807, 2.05) is 4.90 Å². The fourth-order valence-corrected chi connectivity index (χ4v) is 3.09. The van der Waals surface area contributed by atoms with E-state index in [0.29, 0.717) is 6.61 Å². The number of anilines is 1. The van der Waals surface area contributed by atoms with E-state index >= 15 is 0 Å². The summed E-state index contributed by atoms with van der Waals surface area (Å²) in [6.45, 7) is 3.92. The Morgan fingerprint density at radius 1 is 1.26 bits per heavy atom. The van der Waals surface area contributed by atoms with Crippen LogP contribution in [-0.4, -0.2) is 64.7 Å². The molecule has 1 aromatic heterocycles. The van der Waals surface area contributed by atoms with Crippen LogP contribution in [0.4, 0.5) is 5.95 Å². The second kappa shape index (κ2) is 8.03. The highest BCUT2D eigenvalue weighted by atomic mass is 79.9. The summed E-state index contributed by atoms with van der Waals surface area (Å²) in [4.78, 5) is 18.3. The molecule has 1 N–H and O–H groups in total. The highest BCUT2D eigenvalue weighted by Gasteiger charge is 2.21. The molecule has 2 saturated heterocycles. The van der Waals surface area contributed by atoms with Crippen LogP contribution in [0.25, 0.3) is 0 Å². The average Bonchev–Trinajstić information content (AvgIpc) is 2.98. The van der Waals surface area contributed by atoms with Crippen molar-refractivity contribution in [2.45, 2.75) is 31.9 Å². The maximum atomic E-state index is 9.71. The first-order valence-corrected chi connectivity index (χ1v) is 8.84. The normalized spacial score (nSPS) is 22.4. The van der Waals surface area contributed by atoms with Crippen molar-refractivity contribution < 1.29 is 9.94 Å². The molecule has 0 saturated carbocycles. The molecule has 23 heavy (non-hydrogen) atoms. The number of aliphatic hydroxyl groups excluding tert-OH is 1. The van der Waals surface area contributed by atoms with Crippen molar-refractivity contribution >= 4 is 27.6 Å². The summed E-state index contributed by atoms with van der Waals surface area (Å²) in [7, 11) is 0. The van der Waals surface area contributed by atoms with Crippen LogP contribution >= 0.6 is 15.9 Å². The number of hydrogen-bond donors (Lipinski definition) is 1. The molecule has 0 amide bonds. The molecule has 0 aromatic carbocycles. The molecule has 0 aliphatic carbocycles. The number of likely N-dealkylation sites (tertiary alicyclic amines) is 1. The van der Waals surface area contributed by atoms with Crippen molar-refractivity contribution in [1.82, 2.24) is 14.9 Å². The Morgan fingerprint density at radius 2 is 2.00 bits per heavy atom. The lowest BCUT2D eigenvalue weighted by Gasteiger charge is -2.27. The van der Waals surface area contributed by atoms with Gasteiger partial charge in [-0.2, -0.15) is 0 Å². The molecule has 3 heterocycles. The fourth-order valence-electron chi connectivity index (χ4n) is 2.89. The lowest BCUT2D eigenvalue weighted by molar-refractivity contribution is 0.0153. The zero-order chi connectivity index (χ0) is 16.1. The second-order valence-electron chi connectivity index (χ2n) is 5.84. The van der Waals surface area contributed by atoms with Gasteiger partial charge < -0.3 is 14.8 Å². The Hall–Kier alpha value is -1.25. The Bertz CT molecular complexity index is 529.